The lowest BCUT2D eigenvalue weighted by Gasteiger charge is -2.10. The Morgan fingerprint density at radius 1 is 1.12 bits per heavy atom. The Kier molecular flexibility index (Phi) is 4.75. The molecule has 0 saturated carbocycles. The molecule has 0 N–H and O–H groups in total. The third-order valence-electron chi connectivity index (χ3n) is 3.94. The number of hydrogen-bond acceptors (Lipinski definition) is 4. The van der Waals surface area contributed by atoms with Gasteiger partial charge >= 0.3 is 0 Å². The number of nitrogens with zero attached hydrogens (tertiary/aromatic N) is 2. The van der Waals surface area contributed by atoms with E-state index in [4.69, 9.17) is 4.74 Å². The van der Waals surface area contributed by atoms with E-state index >= 15 is 0 Å². The molecule has 1 heterocycles. The van der Waals surface area contributed by atoms with Gasteiger partial charge in [-0.15, -0.1) is 0 Å². The highest BCUT2D eigenvalue weighted by molar-refractivity contribution is 6.29. The highest BCUT2D eigenvalue weighted by Gasteiger charge is 2.32. The number of amides is 2. The summed E-state index contributed by atoms with van der Waals surface area (Å²) in [5.74, 6) is -0.104. The van der Waals surface area contributed by atoms with Gasteiger partial charge in [0.05, 0.1) is 24.8 Å². The zero-order valence-corrected chi connectivity index (χ0v) is 14.1. The molecule has 5 nitrogen and oxygen atoms in total. The van der Waals surface area contributed by atoms with Gasteiger partial charge in [-0.2, -0.15) is 10.1 Å². The normalized spacial score (nSPS) is 15.4. The summed E-state index contributed by atoms with van der Waals surface area (Å²) in [6.07, 6.45) is 1.83. The number of para-hydroxylation sites is 1. The van der Waals surface area contributed by atoms with Gasteiger partial charge in [-0.25, -0.2) is 0 Å². The number of ether oxygens (including phenoxy) is 1. The molecule has 0 atom stereocenters. The Balaban J connectivity index is 1.84. The van der Waals surface area contributed by atoms with Crippen LogP contribution in [0.2, 0.25) is 0 Å². The van der Waals surface area contributed by atoms with Gasteiger partial charge in [0, 0.05) is 5.56 Å². The van der Waals surface area contributed by atoms with Crippen molar-refractivity contribution in [2.24, 2.45) is 5.10 Å². The number of methoxy groups -OCH3 is 1. The van der Waals surface area contributed by atoms with Crippen LogP contribution in [0.15, 0.2) is 65.3 Å². The van der Waals surface area contributed by atoms with E-state index in [1.54, 1.807) is 20.1 Å². The summed E-state index contributed by atoms with van der Waals surface area (Å²) in [7, 11) is 1.57. The minimum atomic E-state index is -0.413. The number of hydrogen-bond donors (Lipinski definition) is 0. The summed E-state index contributed by atoms with van der Waals surface area (Å²) in [5.41, 5.74) is 2.51. The van der Waals surface area contributed by atoms with Gasteiger partial charge in [-0.05, 0) is 24.6 Å². The lowest BCUT2D eigenvalue weighted by Crippen LogP contribution is -2.30. The molecule has 0 radical (unpaired) electrons. The van der Waals surface area contributed by atoms with Gasteiger partial charge in [-0.3, -0.25) is 9.59 Å². The molecule has 0 aliphatic carbocycles. The van der Waals surface area contributed by atoms with E-state index in [2.05, 4.69) is 5.10 Å². The lowest BCUT2D eigenvalue weighted by atomic mass is 10.1. The van der Waals surface area contributed by atoms with Crippen LogP contribution in [0.3, 0.4) is 0 Å². The van der Waals surface area contributed by atoms with E-state index < -0.39 is 5.91 Å². The number of carbonyl (C=O) groups is 2. The monoisotopic (exact) mass is 334 g/mol. The molecule has 25 heavy (non-hydrogen) atoms. The molecular formula is C20H18N2O3. The summed E-state index contributed by atoms with van der Waals surface area (Å²) in [6.45, 7) is 1.72. The first-order valence-electron chi connectivity index (χ1n) is 7.91. The van der Waals surface area contributed by atoms with E-state index in [0.717, 1.165) is 16.1 Å². The molecule has 2 aromatic carbocycles. The predicted octanol–water partition coefficient (Wildman–Crippen LogP) is 3.07. The molecule has 2 aromatic rings. The van der Waals surface area contributed by atoms with Gasteiger partial charge < -0.3 is 4.74 Å². The zero-order chi connectivity index (χ0) is 17.8. The molecule has 5 heteroatoms. The van der Waals surface area contributed by atoms with Crippen LogP contribution in [0, 0.1) is 0 Å². The van der Waals surface area contributed by atoms with E-state index in [1.807, 2.05) is 54.6 Å². The van der Waals surface area contributed by atoms with Crippen LogP contribution in [0.4, 0.5) is 0 Å². The molecule has 2 amide bonds. The molecule has 0 spiro atoms. The molecule has 126 valence electrons. The Labute approximate surface area is 146 Å². The summed E-state index contributed by atoms with van der Waals surface area (Å²) in [6, 6.07) is 16.7. The number of imide groups is 1. The Morgan fingerprint density at radius 2 is 1.80 bits per heavy atom. The van der Waals surface area contributed by atoms with Gasteiger partial charge in [0.15, 0.2) is 0 Å². The van der Waals surface area contributed by atoms with E-state index in [-0.39, 0.29) is 12.3 Å². The second-order valence-electron chi connectivity index (χ2n) is 5.66. The van der Waals surface area contributed by atoms with E-state index in [0.29, 0.717) is 17.0 Å². The SMILES string of the molecule is COc1ccccc1/C=C1/C(=O)N(C(=O)Cc2ccccc2)N=C1C. The van der Waals surface area contributed by atoms with E-state index in [1.165, 1.54) is 0 Å². The molecule has 0 saturated heterocycles. The first-order chi connectivity index (χ1) is 12.1. The highest BCUT2D eigenvalue weighted by atomic mass is 16.5. The van der Waals surface area contributed by atoms with Crippen LogP contribution in [-0.4, -0.2) is 29.6 Å². The van der Waals surface area contributed by atoms with E-state index in [9.17, 15) is 9.59 Å². The van der Waals surface area contributed by atoms with Crippen molar-refractivity contribution in [1.29, 1.82) is 0 Å². The topological polar surface area (TPSA) is 59.0 Å². The fraction of sp³-hybridized carbons (Fsp3) is 0.150. The average Bonchev–Trinajstić information content (AvgIpc) is 2.91. The fourth-order valence-electron chi connectivity index (χ4n) is 2.64. The minimum Gasteiger partial charge on any atom is -0.496 e. The maximum atomic E-state index is 12.6. The van der Waals surface area contributed by atoms with Gasteiger partial charge in [-0.1, -0.05) is 48.5 Å². The standard InChI is InChI=1S/C20H18N2O3/c1-14-17(13-16-10-6-7-11-18(16)25-2)20(24)22(21-14)19(23)12-15-8-4-3-5-9-15/h3-11,13H,12H2,1-2H3/b17-13+. The van der Waals surface area contributed by atoms with Crippen molar-refractivity contribution in [1.82, 2.24) is 5.01 Å². The summed E-state index contributed by atoms with van der Waals surface area (Å²) in [4.78, 5) is 25.1. The first kappa shape index (κ1) is 16.6. The zero-order valence-electron chi connectivity index (χ0n) is 14.1. The molecule has 0 bridgehead atoms. The lowest BCUT2D eigenvalue weighted by molar-refractivity contribution is -0.141. The molecular weight excluding hydrogens is 316 g/mol. The Bertz CT molecular complexity index is 870. The average molecular weight is 334 g/mol. The van der Waals surface area contributed by atoms with Crippen molar-refractivity contribution in [3.8, 4) is 5.75 Å². The molecule has 3 rings (SSSR count). The number of hydrazone groups is 1. The number of benzene rings is 2. The second kappa shape index (κ2) is 7.13. The third-order valence-corrected chi connectivity index (χ3v) is 3.94. The van der Waals surface area contributed by atoms with Crippen molar-refractivity contribution in [2.75, 3.05) is 7.11 Å². The Morgan fingerprint density at radius 3 is 2.52 bits per heavy atom. The van der Waals surface area contributed by atoms with Crippen molar-refractivity contribution in [3.63, 3.8) is 0 Å². The largest absolute Gasteiger partial charge is 0.496 e. The summed E-state index contributed by atoms with van der Waals surface area (Å²) in [5, 5.41) is 5.09. The highest BCUT2D eigenvalue weighted by Crippen LogP contribution is 2.24. The van der Waals surface area contributed by atoms with Crippen molar-refractivity contribution in [3.05, 3.63) is 71.3 Å². The maximum absolute atomic E-state index is 12.6. The van der Waals surface area contributed by atoms with Crippen molar-refractivity contribution in [2.45, 2.75) is 13.3 Å². The van der Waals surface area contributed by atoms with Crippen LogP contribution < -0.4 is 4.74 Å². The quantitative estimate of drug-likeness (QED) is 0.808. The summed E-state index contributed by atoms with van der Waals surface area (Å²) < 4.78 is 5.30. The number of carbonyl (C=O) groups excluding carboxylic acids is 2. The van der Waals surface area contributed by atoms with Crippen molar-refractivity contribution < 1.29 is 14.3 Å². The molecule has 0 aromatic heterocycles. The molecule has 0 fully saturated rings. The van der Waals surface area contributed by atoms with Crippen LogP contribution in [-0.2, 0) is 16.0 Å². The predicted molar refractivity (Wildman–Crippen MR) is 96.1 cm³/mol. The number of rotatable bonds is 4. The minimum absolute atomic E-state index is 0.130. The van der Waals surface area contributed by atoms with Crippen molar-refractivity contribution >= 4 is 23.6 Å². The molecule has 1 aliphatic rings. The van der Waals surface area contributed by atoms with Gasteiger partial charge in [0.1, 0.15) is 5.75 Å². The van der Waals surface area contributed by atoms with Crippen LogP contribution in [0.25, 0.3) is 6.08 Å². The molecule has 1 aliphatic heterocycles. The van der Waals surface area contributed by atoms with Crippen LogP contribution >= 0.6 is 0 Å². The summed E-state index contributed by atoms with van der Waals surface area (Å²) >= 11 is 0. The van der Waals surface area contributed by atoms with Crippen LogP contribution in [0.1, 0.15) is 18.1 Å². The first-order valence-corrected chi connectivity index (χ1v) is 7.91. The smallest absolute Gasteiger partial charge is 0.283 e. The Hall–Kier alpha value is -3.21. The molecule has 0 unspecified atom stereocenters. The van der Waals surface area contributed by atoms with Gasteiger partial charge in [0.25, 0.3) is 11.8 Å². The third kappa shape index (κ3) is 3.50. The van der Waals surface area contributed by atoms with Crippen LogP contribution in [0.5, 0.6) is 5.75 Å². The second-order valence-corrected chi connectivity index (χ2v) is 5.66. The fourth-order valence-corrected chi connectivity index (χ4v) is 2.64. The maximum Gasteiger partial charge on any atom is 0.283 e. The van der Waals surface area contributed by atoms with Gasteiger partial charge in [0.2, 0.25) is 0 Å².